The Kier molecular flexibility index (Phi) is 2.80. The number of hydrogen-bond acceptors (Lipinski definition) is 0. The number of rotatable bonds is 1. The zero-order chi connectivity index (χ0) is 11.0. The van der Waals surface area contributed by atoms with Gasteiger partial charge in [-0.25, -0.2) is 0 Å². The molecule has 1 atom stereocenters. The fraction of sp³-hybridized carbons (Fsp3) is 0.538. The van der Waals surface area contributed by atoms with Crippen LogP contribution >= 0.6 is 0 Å². The molecule has 0 amide bonds. The molecule has 1 heteroatoms. The Morgan fingerprint density at radius 1 is 0.929 bits per heavy atom. The topological polar surface area (TPSA) is 0 Å². The maximum absolute atomic E-state index is 2.32. The SMILES string of the molecule is BC(C)(c1ccc(C)cc1)C(C)(C)C. The van der Waals surface area contributed by atoms with E-state index in [4.69, 9.17) is 0 Å². The van der Waals surface area contributed by atoms with E-state index in [9.17, 15) is 0 Å². The van der Waals surface area contributed by atoms with Crippen molar-refractivity contribution in [1.29, 1.82) is 0 Å². The Bertz CT molecular complexity index is 301. The fourth-order valence-corrected chi connectivity index (χ4v) is 1.40. The minimum atomic E-state index is 0.223. The molecular formula is C13H21B. The Labute approximate surface area is 89.1 Å². The van der Waals surface area contributed by atoms with Crippen LogP contribution in [0.25, 0.3) is 0 Å². The van der Waals surface area contributed by atoms with Crippen molar-refractivity contribution >= 4 is 7.85 Å². The van der Waals surface area contributed by atoms with Gasteiger partial charge in [0.1, 0.15) is 7.85 Å². The highest BCUT2D eigenvalue weighted by atomic mass is 14.3. The third-order valence-electron chi connectivity index (χ3n) is 3.65. The van der Waals surface area contributed by atoms with Gasteiger partial charge in [0.25, 0.3) is 0 Å². The standard InChI is InChI=1S/C13H21B/c1-10-6-8-11(9-7-10)13(5,14)12(2,3)4/h6-9H,14H2,1-5H3. The molecule has 0 saturated carbocycles. The van der Waals surface area contributed by atoms with Gasteiger partial charge in [0.05, 0.1) is 0 Å². The van der Waals surface area contributed by atoms with Crippen molar-refractivity contribution in [2.75, 3.05) is 0 Å². The van der Waals surface area contributed by atoms with E-state index in [-0.39, 0.29) is 5.31 Å². The van der Waals surface area contributed by atoms with Gasteiger partial charge in [-0.3, -0.25) is 0 Å². The molecule has 0 saturated heterocycles. The number of aryl methyl sites for hydroxylation is 1. The van der Waals surface area contributed by atoms with E-state index in [0.717, 1.165) is 0 Å². The summed E-state index contributed by atoms with van der Waals surface area (Å²) in [6.45, 7) is 11.3. The first-order chi connectivity index (χ1) is 6.25. The molecule has 0 aliphatic carbocycles. The van der Waals surface area contributed by atoms with Crippen molar-refractivity contribution < 1.29 is 0 Å². The monoisotopic (exact) mass is 188 g/mol. The summed E-state index contributed by atoms with van der Waals surface area (Å²) < 4.78 is 0. The first kappa shape index (κ1) is 11.4. The molecular weight excluding hydrogens is 167 g/mol. The Balaban J connectivity index is 3.10. The maximum atomic E-state index is 2.32. The van der Waals surface area contributed by atoms with Crippen LogP contribution in [-0.2, 0) is 5.31 Å². The summed E-state index contributed by atoms with van der Waals surface area (Å²) >= 11 is 0. The van der Waals surface area contributed by atoms with Crippen molar-refractivity contribution in [3.8, 4) is 0 Å². The van der Waals surface area contributed by atoms with E-state index in [0.29, 0.717) is 5.41 Å². The van der Waals surface area contributed by atoms with Crippen molar-refractivity contribution in [2.45, 2.75) is 39.9 Å². The van der Waals surface area contributed by atoms with E-state index in [1.165, 1.54) is 11.1 Å². The average molecular weight is 188 g/mol. The smallest absolute Gasteiger partial charge is 0.0625 e. The molecule has 0 aliphatic heterocycles. The summed E-state index contributed by atoms with van der Waals surface area (Å²) in [5, 5.41) is 0.223. The zero-order valence-corrected chi connectivity index (χ0v) is 10.3. The predicted octanol–water partition coefficient (Wildman–Crippen LogP) is 2.89. The van der Waals surface area contributed by atoms with Crippen LogP contribution in [0.1, 0.15) is 38.8 Å². The molecule has 1 unspecified atom stereocenters. The van der Waals surface area contributed by atoms with Crippen molar-refractivity contribution in [2.24, 2.45) is 5.41 Å². The minimum Gasteiger partial charge on any atom is -0.0625 e. The average Bonchev–Trinajstić information content (AvgIpc) is 2.03. The second-order valence-electron chi connectivity index (χ2n) is 5.74. The van der Waals surface area contributed by atoms with Crippen LogP contribution in [0.15, 0.2) is 24.3 Å². The Morgan fingerprint density at radius 2 is 1.36 bits per heavy atom. The Morgan fingerprint density at radius 3 is 1.71 bits per heavy atom. The highest BCUT2D eigenvalue weighted by Gasteiger charge is 2.33. The van der Waals surface area contributed by atoms with E-state index < -0.39 is 0 Å². The van der Waals surface area contributed by atoms with Crippen LogP contribution in [0.4, 0.5) is 0 Å². The maximum Gasteiger partial charge on any atom is 0.115 e. The molecule has 1 aromatic carbocycles. The zero-order valence-electron chi connectivity index (χ0n) is 10.3. The first-order valence-electron chi connectivity index (χ1n) is 5.32. The van der Waals surface area contributed by atoms with Crippen LogP contribution in [0.5, 0.6) is 0 Å². The van der Waals surface area contributed by atoms with Crippen LogP contribution in [0, 0.1) is 12.3 Å². The van der Waals surface area contributed by atoms with Gasteiger partial charge in [-0.2, -0.15) is 0 Å². The van der Waals surface area contributed by atoms with E-state index in [1.54, 1.807) is 0 Å². The third kappa shape index (κ3) is 2.02. The fourth-order valence-electron chi connectivity index (χ4n) is 1.40. The lowest BCUT2D eigenvalue weighted by Crippen LogP contribution is -2.37. The summed E-state index contributed by atoms with van der Waals surface area (Å²) in [7, 11) is 2.32. The largest absolute Gasteiger partial charge is 0.115 e. The van der Waals surface area contributed by atoms with Gasteiger partial charge in [-0.1, -0.05) is 57.5 Å². The summed E-state index contributed by atoms with van der Waals surface area (Å²) in [5.41, 5.74) is 3.05. The molecule has 0 aliphatic rings. The van der Waals surface area contributed by atoms with Gasteiger partial charge in [0.2, 0.25) is 0 Å². The minimum absolute atomic E-state index is 0.223. The number of benzene rings is 1. The predicted molar refractivity (Wildman–Crippen MR) is 66.5 cm³/mol. The molecule has 0 aromatic heterocycles. The normalized spacial score (nSPS) is 16.4. The lowest BCUT2D eigenvalue weighted by Gasteiger charge is -2.39. The van der Waals surface area contributed by atoms with Gasteiger partial charge in [0.15, 0.2) is 0 Å². The Hall–Kier alpha value is -0.715. The first-order valence-corrected chi connectivity index (χ1v) is 5.32. The molecule has 14 heavy (non-hydrogen) atoms. The van der Waals surface area contributed by atoms with E-state index in [2.05, 4.69) is 66.7 Å². The van der Waals surface area contributed by atoms with Crippen LogP contribution in [0.3, 0.4) is 0 Å². The molecule has 0 bridgehead atoms. The molecule has 0 spiro atoms. The highest BCUT2D eigenvalue weighted by molar-refractivity contribution is 6.16. The molecule has 0 heterocycles. The highest BCUT2D eigenvalue weighted by Crippen LogP contribution is 2.38. The molecule has 0 N–H and O–H groups in total. The number of hydrogen-bond donors (Lipinski definition) is 0. The summed E-state index contributed by atoms with van der Waals surface area (Å²) in [5.74, 6) is 0. The van der Waals surface area contributed by atoms with E-state index >= 15 is 0 Å². The van der Waals surface area contributed by atoms with Gasteiger partial charge in [-0.15, -0.1) is 0 Å². The summed E-state index contributed by atoms with van der Waals surface area (Å²) in [6.07, 6.45) is 0. The van der Waals surface area contributed by atoms with Gasteiger partial charge in [0, 0.05) is 0 Å². The third-order valence-corrected chi connectivity index (χ3v) is 3.65. The van der Waals surface area contributed by atoms with Crippen LogP contribution in [0.2, 0.25) is 0 Å². The van der Waals surface area contributed by atoms with Crippen LogP contribution < -0.4 is 0 Å². The molecule has 0 fully saturated rings. The van der Waals surface area contributed by atoms with Crippen molar-refractivity contribution in [1.82, 2.24) is 0 Å². The van der Waals surface area contributed by atoms with Crippen molar-refractivity contribution in [3.05, 3.63) is 35.4 Å². The quantitative estimate of drug-likeness (QED) is 0.594. The van der Waals surface area contributed by atoms with Crippen molar-refractivity contribution in [3.63, 3.8) is 0 Å². The van der Waals surface area contributed by atoms with E-state index in [1.807, 2.05) is 0 Å². The molecule has 0 nitrogen and oxygen atoms in total. The van der Waals surface area contributed by atoms with Crippen LogP contribution in [-0.4, -0.2) is 7.85 Å². The van der Waals surface area contributed by atoms with Gasteiger partial charge < -0.3 is 0 Å². The summed E-state index contributed by atoms with van der Waals surface area (Å²) in [6, 6.07) is 8.90. The van der Waals surface area contributed by atoms with Gasteiger partial charge >= 0.3 is 0 Å². The second kappa shape index (κ2) is 3.45. The molecule has 76 valence electrons. The summed E-state index contributed by atoms with van der Waals surface area (Å²) in [4.78, 5) is 0. The molecule has 1 aromatic rings. The lowest BCUT2D eigenvalue weighted by molar-refractivity contribution is 0.295. The second-order valence-corrected chi connectivity index (χ2v) is 5.74. The lowest BCUT2D eigenvalue weighted by atomic mass is 9.52. The molecule has 1 rings (SSSR count). The molecule has 0 radical (unpaired) electrons. The van der Waals surface area contributed by atoms with Gasteiger partial charge in [-0.05, 0) is 23.2 Å².